The van der Waals surface area contributed by atoms with Crippen molar-refractivity contribution < 1.29 is 14.3 Å². The van der Waals surface area contributed by atoms with Gasteiger partial charge in [0.15, 0.2) is 0 Å². The summed E-state index contributed by atoms with van der Waals surface area (Å²) in [6.45, 7) is 5.38. The zero-order valence-electron chi connectivity index (χ0n) is 10.5. The van der Waals surface area contributed by atoms with Gasteiger partial charge in [0.1, 0.15) is 29.8 Å². The molecule has 0 heterocycles. The Bertz CT molecular complexity index is 412. The van der Waals surface area contributed by atoms with E-state index in [1.54, 1.807) is 13.8 Å². The maximum atomic E-state index is 11.7. The van der Waals surface area contributed by atoms with E-state index in [9.17, 15) is 9.59 Å². The Balaban J connectivity index is 2.75. The average Bonchev–Trinajstić information content (AvgIpc) is 2.36. The molecule has 0 aliphatic heterocycles. The summed E-state index contributed by atoms with van der Waals surface area (Å²) in [5, 5.41) is 0. The van der Waals surface area contributed by atoms with Crippen LogP contribution in [0.25, 0.3) is 0 Å². The molecular weight excluding hydrogens is 216 g/mol. The van der Waals surface area contributed by atoms with E-state index in [4.69, 9.17) is 4.74 Å². The third-order valence-electron chi connectivity index (χ3n) is 2.84. The lowest BCUT2D eigenvalue weighted by Gasteiger charge is -2.21. The Labute approximate surface area is 102 Å². The van der Waals surface area contributed by atoms with Gasteiger partial charge in [-0.3, -0.25) is 4.79 Å². The molecular formula is C14H18O3. The van der Waals surface area contributed by atoms with E-state index in [0.717, 1.165) is 5.56 Å². The van der Waals surface area contributed by atoms with Gasteiger partial charge >= 0.3 is 0 Å². The smallest absolute Gasteiger partial charge is 0.149 e. The highest BCUT2D eigenvalue weighted by Gasteiger charge is 2.32. The molecule has 1 atom stereocenters. The molecule has 92 valence electrons. The van der Waals surface area contributed by atoms with E-state index in [1.165, 1.54) is 0 Å². The van der Waals surface area contributed by atoms with E-state index < -0.39 is 5.41 Å². The van der Waals surface area contributed by atoms with Crippen LogP contribution >= 0.6 is 0 Å². The summed E-state index contributed by atoms with van der Waals surface area (Å²) in [4.78, 5) is 22.7. The van der Waals surface area contributed by atoms with Crippen molar-refractivity contribution in [3.63, 3.8) is 0 Å². The number of carbonyl (C=O) groups is 2. The Morgan fingerprint density at radius 1 is 1.41 bits per heavy atom. The molecule has 0 aliphatic rings. The van der Waals surface area contributed by atoms with Crippen LogP contribution in [0.4, 0.5) is 0 Å². The Morgan fingerprint density at radius 3 is 2.59 bits per heavy atom. The number of hydrogen-bond donors (Lipinski definition) is 0. The Kier molecular flexibility index (Phi) is 4.44. The highest BCUT2D eigenvalue weighted by molar-refractivity contribution is 5.97. The minimum Gasteiger partial charge on any atom is -0.492 e. The second-order valence-electron chi connectivity index (χ2n) is 4.37. The zero-order chi connectivity index (χ0) is 12.9. The Morgan fingerprint density at radius 2 is 2.06 bits per heavy atom. The highest BCUT2D eigenvalue weighted by Crippen LogP contribution is 2.22. The molecule has 0 fully saturated rings. The lowest BCUT2D eigenvalue weighted by atomic mass is 9.87. The number of benzene rings is 1. The average molecular weight is 234 g/mol. The predicted molar refractivity (Wildman–Crippen MR) is 66.1 cm³/mol. The van der Waals surface area contributed by atoms with E-state index in [1.807, 2.05) is 31.2 Å². The molecule has 0 spiro atoms. The summed E-state index contributed by atoms with van der Waals surface area (Å²) in [5.41, 5.74) is -0.0542. The standard InChI is InChI=1S/C14H18O3/c1-4-13(16)14(3,9-15)10-17-12-8-6-5-7-11(12)2/h5-9H,4,10H2,1-3H3. The minimum absolute atomic E-state index is 0.0913. The van der Waals surface area contributed by atoms with Crippen molar-refractivity contribution in [1.29, 1.82) is 0 Å². The number of hydrogen-bond acceptors (Lipinski definition) is 3. The van der Waals surface area contributed by atoms with Crippen LogP contribution in [-0.2, 0) is 9.59 Å². The van der Waals surface area contributed by atoms with Gasteiger partial charge in [0.25, 0.3) is 0 Å². The fourth-order valence-corrected chi connectivity index (χ4v) is 1.53. The van der Waals surface area contributed by atoms with Crippen molar-refractivity contribution in [3.8, 4) is 5.75 Å². The number of para-hydroxylation sites is 1. The number of rotatable bonds is 6. The van der Waals surface area contributed by atoms with E-state index >= 15 is 0 Å². The predicted octanol–water partition coefficient (Wildman–Crippen LogP) is 2.56. The van der Waals surface area contributed by atoms with Crippen LogP contribution in [0.2, 0.25) is 0 Å². The molecule has 3 heteroatoms. The van der Waals surface area contributed by atoms with Crippen LogP contribution < -0.4 is 4.74 Å². The first-order valence-corrected chi connectivity index (χ1v) is 5.71. The zero-order valence-corrected chi connectivity index (χ0v) is 10.5. The van der Waals surface area contributed by atoms with Crippen molar-refractivity contribution in [3.05, 3.63) is 29.8 Å². The Hall–Kier alpha value is -1.64. The first-order chi connectivity index (χ1) is 8.03. The van der Waals surface area contributed by atoms with Crippen molar-refractivity contribution in [2.75, 3.05) is 6.61 Å². The summed E-state index contributed by atoms with van der Waals surface area (Å²) in [7, 11) is 0. The van der Waals surface area contributed by atoms with Gasteiger partial charge in [0.05, 0.1) is 0 Å². The molecule has 1 unspecified atom stereocenters. The van der Waals surface area contributed by atoms with Crippen LogP contribution in [0.3, 0.4) is 0 Å². The molecule has 0 aromatic heterocycles. The first-order valence-electron chi connectivity index (χ1n) is 5.71. The largest absolute Gasteiger partial charge is 0.492 e. The van der Waals surface area contributed by atoms with Crippen molar-refractivity contribution >= 4 is 12.1 Å². The van der Waals surface area contributed by atoms with Gasteiger partial charge in [-0.15, -0.1) is 0 Å². The lowest BCUT2D eigenvalue weighted by molar-refractivity contribution is -0.135. The monoisotopic (exact) mass is 234 g/mol. The quantitative estimate of drug-likeness (QED) is 0.561. The van der Waals surface area contributed by atoms with Crippen molar-refractivity contribution in [2.45, 2.75) is 27.2 Å². The van der Waals surface area contributed by atoms with Crippen LogP contribution in [0, 0.1) is 12.3 Å². The van der Waals surface area contributed by atoms with Gasteiger partial charge in [-0.05, 0) is 25.5 Å². The van der Waals surface area contributed by atoms with Crippen LogP contribution in [0.1, 0.15) is 25.8 Å². The summed E-state index contributed by atoms with van der Waals surface area (Å²) < 4.78 is 5.56. The van der Waals surface area contributed by atoms with E-state index in [-0.39, 0.29) is 12.4 Å². The molecule has 0 saturated heterocycles. The second-order valence-corrected chi connectivity index (χ2v) is 4.37. The third-order valence-corrected chi connectivity index (χ3v) is 2.84. The van der Waals surface area contributed by atoms with Gasteiger partial charge in [-0.1, -0.05) is 25.1 Å². The van der Waals surface area contributed by atoms with Gasteiger partial charge in [0.2, 0.25) is 0 Å². The molecule has 1 rings (SSSR count). The van der Waals surface area contributed by atoms with Gasteiger partial charge < -0.3 is 9.53 Å². The van der Waals surface area contributed by atoms with Gasteiger partial charge in [-0.2, -0.15) is 0 Å². The molecule has 0 radical (unpaired) electrons. The van der Waals surface area contributed by atoms with Gasteiger partial charge in [-0.25, -0.2) is 0 Å². The highest BCUT2D eigenvalue weighted by atomic mass is 16.5. The molecule has 0 aliphatic carbocycles. The number of aldehydes is 1. The number of Topliss-reactive ketones (excluding diaryl/α,β-unsaturated/α-hetero) is 1. The molecule has 0 bridgehead atoms. The summed E-state index contributed by atoms with van der Waals surface area (Å²) in [6.07, 6.45) is 1.02. The molecule has 1 aromatic carbocycles. The van der Waals surface area contributed by atoms with Gasteiger partial charge in [0, 0.05) is 6.42 Å². The minimum atomic E-state index is -1.04. The van der Waals surface area contributed by atoms with Crippen molar-refractivity contribution in [2.24, 2.45) is 5.41 Å². The molecule has 3 nitrogen and oxygen atoms in total. The lowest BCUT2D eigenvalue weighted by Crippen LogP contribution is -2.35. The molecule has 1 aromatic rings. The number of ketones is 1. The summed E-state index contributed by atoms with van der Waals surface area (Å²) >= 11 is 0. The molecule has 0 amide bonds. The SMILES string of the molecule is CCC(=O)C(C)(C=O)COc1ccccc1C. The van der Waals surface area contributed by atoms with Crippen LogP contribution in [0.5, 0.6) is 5.75 Å². The molecule has 0 saturated carbocycles. The fraction of sp³-hybridized carbons (Fsp3) is 0.429. The normalized spacial score (nSPS) is 13.8. The topological polar surface area (TPSA) is 43.4 Å². The first kappa shape index (κ1) is 13.4. The number of aryl methyl sites for hydroxylation is 1. The molecule has 0 N–H and O–H groups in total. The van der Waals surface area contributed by atoms with Crippen LogP contribution in [0.15, 0.2) is 24.3 Å². The van der Waals surface area contributed by atoms with E-state index in [0.29, 0.717) is 18.5 Å². The molecule has 17 heavy (non-hydrogen) atoms. The van der Waals surface area contributed by atoms with Crippen molar-refractivity contribution in [1.82, 2.24) is 0 Å². The number of carbonyl (C=O) groups excluding carboxylic acids is 2. The summed E-state index contributed by atoms with van der Waals surface area (Å²) in [6, 6.07) is 7.53. The van der Waals surface area contributed by atoms with Crippen LogP contribution in [-0.4, -0.2) is 18.7 Å². The van der Waals surface area contributed by atoms with E-state index in [2.05, 4.69) is 0 Å². The maximum Gasteiger partial charge on any atom is 0.149 e. The number of ether oxygens (including phenoxy) is 1. The maximum absolute atomic E-state index is 11.7. The second kappa shape index (κ2) is 5.62. The summed E-state index contributed by atoms with van der Waals surface area (Å²) in [5.74, 6) is 0.616. The third kappa shape index (κ3) is 3.16. The fourth-order valence-electron chi connectivity index (χ4n) is 1.53.